The molecule has 0 bridgehead atoms. The van der Waals surface area contributed by atoms with Gasteiger partial charge in [-0.05, 0) is 25.0 Å². The molecule has 182 valence electrons. The third-order valence-corrected chi connectivity index (χ3v) is 7.61. The highest BCUT2D eigenvalue weighted by Crippen LogP contribution is 2.36. The summed E-state index contributed by atoms with van der Waals surface area (Å²) in [6.45, 7) is 2.08. The molecular weight excluding hydrogens is 601 g/mol. The summed E-state index contributed by atoms with van der Waals surface area (Å²) >= 11 is 6.06. The Kier molecular flexibility index (Phi) is 8.10. The number of amides is 1. The van der Waals surface area contributed by atoms with Crippen LogP contribution >= 0.6 is 34.2 Å². The molecule has 0 radical (unpaired) electrons. The van der Waals surface area contributed by atoms with E-state index in [4.69, 9.17) is 21.8 Å². The highest BCUT2D eigenvalue weighted by molar-refractivity contribution is 14.1. The van der Waals surface area contributed by atoms with Crippen molar-refractivity contribution in [1.82, 2.24) is 4.98 Å². The van der Waals surface area contributed by atoms with Crippen LogP contribution in [-0.4, -0.2) is 26.2 Å². The van der Waals surface area contributed by atoms with Crippen molar-refractivity contribution in [1.29, 1.82) is 0 Å². The molecule has 0 aliphatic carbocycles. The van der Waals surface area contributed by atoms with E-state index in [2.05, 4.69) is 27.6 Å². The second-order valence-corrected chi connectivity index (χ2v) is 10.1. The van der Waals surface area contributed by atoms with E-state index in [9.17, 15) is 13.6 Å². The number of nitrogens with zero attached hydrogens (tertiary/aromatic N) is 2. The van der Waals surface area contributed by atoms with Gasteiger partial charge in [0.2, 0.25) is 5.71 Å². The van der Waals surface area contributed by atoms with Crippen molar-refractivity contribution in [2.24, 2.45) is 5.73 Å². The number of carbonyl (C=O) groups is 1. The molecule has 0 fully saturated rings. The molecule has 2 atom stereocenters. The van der Waals surface area contributed by atoms with Crippen LogP contribution in [0.5, 0.6) is 0 Å². The highest BCUT2D eigenvalue weighted by Gasteiger charge is 2.25. The van der Waals surface area contributed by atoms with E-state index in [0.717, 1.165) is 11.1 Å². The Labute approximate surface area is 224 Å². The average molecular weight is 623 g/mol. The number of hydrogen-bond donors (Lipinski definition) is 1. The van der Waals surface area contributed by atoms with Gasteiger partial charge < -0.3 is 14.7 Å². The number of rotatable bonds is 9. The third kappa shape index (κ3) is 5.53. The molecule has 0 saturated carbocycles. The van der Waals surface area contributed by atoms with Crippen molar-refractivity contribution in [3.63, 3.8) is 0 Å². The van der Waals surface area contributed by atoms with Gasteiger partial charge in [0.25, 0.3) is 5.91 Å². The normalized spacial score (nSPS) is 13.0. The molecule has 2 aromatic heterocycles. The molecule has 0 aliphatic rings. The van der Waals surface area contributed by atoms with Crippen LogP contribution in [0.4, 0.5) is 5.82 Å². The van der Waals surface area contributed by atoms with Gasteiger partial charge in [0.05, 0.1) is 16.3 Å². The van der Waals surface area contributed by atoms with Crippen LogP contribution in [0.2, 0.25) is 0 Å². The summed E-state index contributed by atoms with van der Waals surface area (Å²) in [4.78, 5) is 16.9. The number of fused-ring (bicyclic) bond motifs is 1. The van der Waals surface area contributed by atoms with Gasteiger partial charge in [-0.2, -0.15) is 4.98 Å². The molecule has 4 rings (SSSR count). The van der Waals surface area contributed by atoms with Crippen LogP contribution in [0.3, 0.4) is 0 Å². The first kappa shape index (κ1) is 25.6. The molecule has 10 heteroatoms. The van der Waals surface area contributed by atoms with Gasteiger partial charge >= 0.3 is 0 Å². The van der Waals surface area contributed by atoms with E-state index in [1.54, 1.807) is 6.07 Å². The van der Waals surface area contributed by atoms with Crippen molar-refractivity contribution in [2.45, 2.75) is 23.1 Å². The number of hydrogen-bond acceptors (Lipinski definition) is 5. The number of halogens is 2. The number of anilines is 1. The molecule has 2 unspecified atom stereocenters. The molecule has 2 aromatic carbocycles. The Hall–Kier alpha value is -2.47. The number of furan rings is 1. The van der Waals surface area contributed by atoms with Crippen molar-refractivity contribution >= 4 is 68.3 Å². The minimum atomic E-state index is -2.60. The molecule has 2 N–H and O–H groups in total. The van der Waals surface area contributed by atoms with Gasteiger partial charge in [0.1, 0.15) is 11.6 Å². The Morgan fingerprint density at radius 1 is 1.23 bits per heavy atom. The topological polar surface area (TPSA) is 112 Å². The van der Waals surface area contributed by atoms with Crippen molar-refractivity contribution in [3.8, 4) is 11.3 Å². The third-order valence-electron chi connectivity index (χ3n) is 5.61. The van der Waals surface area contributed by atoms with E-state index in [1.807, 2.05) is 61.5 Å². The van der Waals surface area contributed by atoms with Crippen LogP contribution in [0, 0.1) is 6.92 Å². The number of benzene rings is 2. The average Bonchev–Trinajstić information content (AvgIpc) is 3.23. The molecule has 4 aromatic rings. The van der Waals surface area contributed by atoms with E-state index >= 15 is 0 Å². The zero-order valence-electron chi connectivity index (χ0n) is 18.7. The van der Waals surface area contributed by atoms with Crippen molar-refractivity contribution < 1.29 is 18.0 Å². The van der Waals surface area contributed by atoms with Gasteiger partial charge in [-0.3, -0.25) is 13.3 Å². The van der Waals surface area contributed by atoms with E-state index in [1.165, 1.54) is 4.31 Å². The Morgan fingerprint density at radius 2 is 1.91 bits per heavy atom. The molecular formula is C25H22ClIN3O4S-. The molecule has 0 spiro atoms. The number of nitrogens with two attached hydrogens (primary N) is 1. The van der Waals surface area contributed by atoms with Crippen LogP contribution < -0.4 is 10.0 Å². The summed E-state index contributed by atoms with van der Waals surface area (Å²) in [5.41, 5.74) is 9.34. The maximum atomic E-state index is 12.4. The standard InChI is InChI=1S/C25H23ClIN3O4S/c1-15-7-9-17(10-8-15)22-21(23(28)31)19-13-18(14-27)24(29-25(19)34-22)30(35(32)33)12-11-20(26)16-5-3-2-4-6-16/h2-10,13,20H,11-12,14H2,1H3,(H2,28,31)(H,32,33)/p-1. The van der Waals surface area contributed by atoms with Gasteiger partial charge in [0.15, 0.2) is 0 Å². The number of aryl methyl sites for hydroxylation is 1. The van der Waals surface area contributed by atoms with Crippen molar-refractivity contribution in [2.75, 3.05) is 10.8 Å². The summed E-state index contributed by atoms with van der Waals surface area (Å²) < 4.78 is 32.1. The first-order valence-corrected chi connectivity index (χ1v) is 13.7. The van der Waals surface area contributed by atoms with Crippen LogP contribution in [0.15, 0.2) is 65.1 Å². The molecule has 35 heavy (non-hydrogen) atoms. The lowest BCUT2D eigenvalue weighted by Gasteiger charge is -2.27. The fourth-order valence-corrected chi connectivity index (χ4v) is 5.19. The lowest BCUT2D eigenvalue weighted by molar-refractivity contribution is 0.100. The van der Waals surface area contributed by atoms with Crippen molar-refractivity contribution in [3.05, 3.63) is 82.9 Å². The van der Waals surface area contributed by atoms with Crippen LogP contribution in [0.1, 0.15) is 38.8 Å². The molecule has 0 saturated heterocycles. The monoisotopic (exact) mass is 622 g/mol. The molecule has 1 amide bonds. The highest BCUT2D eigenvalue weighted by atomic mass is 127. The zero-order chi connectivity index (χ0) is 25.1. The van der Waals surface area contributed by atoms with Gasteiger partial charge in [0, 0.05) is 33.4 Å². The summed E-state index contributed by atoms with van der Waals surface area (Å²) in [5, 5.41) is 0.0758. The summed E-state index contributed by atoms with van der Waals surface area (Å²) in [5.74, 6) is -0.112. The summed E-state index contributed by atoms with van der Waals surface area (Å²) in [6.07, 6.45) is 0.374. The molecule has 2 heterocycles. The number of carbonyl (C=O) groups excluding carboxylic acids is 1. The first-order chi connectivity index (χ1) is 16.8. The minimum Gasteiger partial charge on any atom is -0.755 e. The minimum absolute atomic E-state index is 0.121. The maximum absolute atomic E-state index is 12.4. The smallest absolute Gasteiger partial charge is 0.253 e. The largest absolute Gasteiger partial charge is 0.755 e. The predicted molar refractivity (Wildman–Crippen MR) is 146 cm³/mol. The fraction of sp³-hybridized carbons (Fsp3) is 0.200. The second kappa shape index (κ2) is 11.1. The molecule has 7 nitrogen and oxygen atoms in total. The fourth-order valence-electron chi connectivity index (χ4n) is 3.83. The summed E-state index contributed by atoms with van der Waals surface area (Å²) in [6, 6.07) is 18.7. The van der Waals surface area contributed by atoms with Crippen LogP contribution in [0.25, 0.3) is 22.4 Å². The molecule has 0 aliphatic heterocycles. The number of alkyl halides is 2. The van der Waals surface area contributed by atoms with Gasteiger partial charge in [-0.15, -0.1) is 11.6 Å². The zero-order valence-corrected chi connectivity index (χ0v) is 22.5. The maximum Gasteiger partial charge on any atom is 0.253 e. The Morgan fingerprint density at radius 3 is 2.51 bits per heavy atom. The Bertz CT molecular complexity index is 1380. The van der Waals surface area contributed by atoms with E-state index in [0.29, 0.717) is 33.1 Å². The number of pyridine rings is 1. The first-order valence-electron chi connectivity index (χ1n) is 10.7. The van der Waals surface area contributed by atoms with E-state index < -0.39 is 17.2 Å². The summed E-state index contributed by atoms with van der Waals surface area (Å²) in [7, 11) is 0. The number of aromatic nitrogens is 1. The second-order valence-electron chi connectivity index (χ2n) is 7.98. The predicted octanol–water partition coefficient (Wildman–Crippen LogP) is 5.81. The number of primary amides is 1. The Balaban J connectivity index is 1.76. The lowest BCUT2D eigenvalue weighted by atomic mass is 10.0. The SMILES string of the molecule is Cc1ccc(-c2oc3nc(N(CCC(Cl)c4ccccc4)S(=O)[O-])c(CI)cc3c2C(N)=O)cc1. The lowest BCUT2D eigenvalue weighted by Crippen LogP contribution is -2.29. The quantitative estimate of drug-likeness (QED) is 0.144. The van der Waals surface area contributed by atoms with Gasteiger partial charge in [-0.1, -0.05) is 82.8 Å². The van der Waals surface area contributed by atoms with Gasteiger partial charge in [-0.25, -0.2) is 0 Å². The van der Waals surface area contributed by atoms with E-state index in [-0.39, 0.29) is 29.0 Å². The van der Waals surface area contributed by atoms with Crippen LogP contribution in [-0.2, 0) is 15.7 Å².